The molecule has 0 saturated carbocycles. The lowest BCUT2D eigenvalue weighted by atomic mass is 10.1. The molecule has 1 heterocycles. The molecule has 1 aliphatic rings. The predicted octanol–water partition coefficient (Wildman–Crippen LogP) is 4.08. The van der Waals surface area contributed by atoms with Crippen LogP contribution in [-0.2, 0) is 21.4 Å². The summed E-state index contributed by atoms with van der Waals surface area (Å²) >= 11 is 6.18. The lowest BCUT2D eigenvalue weighted by molar-refractivity contribution is 0.0472. The zero-order valence-corrected chi connectivity index (χ0v) is 19.8. The van der Waals surface area contributed by atoms with Crippen molar-refractivity contribution in [2.24, 2.45) is 0 Å². The molecule has 0 bridgehead atoms. The number of hydrogen-bond acceptors (Lipinski definition) is 6. The van der Waals surface area contributed by atoms with Gasteiger partial charge in [-0.1, -0.05) is 41.9 Å². The number of esters is 1. The van der Waals surface area contributed by atoms with Gasteiger partial charge in [0.05, 0.1) is 27.1 Å². The van der Waals surface area contributed by atoms with E-state index in [0.717, 1.165) is 5.69 Å². The van der Waals surface area contributed by atoms with Crippen LogP contribution >= 0.6 is 11.6 Å². The van der Waals surface area contributed by atoms with Crippen molar-refractivity contribution in [3.63, 3.8) is 0 Å². The fourth-order valence-electron chi connectivity index (χ4n) is 3.70. The summed E-state index contributed by atoms with van der Waals surface area (Å²) in [5.41, 5.74) is 2.24. The van der Waals surface area contributed by atoms with Gasteiger partial charge in [0.15, 0.2) is 0 Å². The van der Waals surface area contributed by atoms with Crippen LogP contribution in [0.3, 0.4) is 0 Å². The number of sulfonamides is 1. The van der Waals surface area contributed by atoms with Crippen molar-refractivity contribution in [2.75, 3.05) is 31.1 Å². The number of ether oxygens (including phenoxy) is 1. The standard InChI is InChI=1S/C25H22ClN3O4S/c26-24-11-10-22(16-23(24)25(30)33-18-20-8-6-19(17-27)7-9-20)34(31,32)29-14-12-28(13-15-29)21-4-2-1-3-5-21/h1-11,16H,12-15,18H2. The third kappa shape index (κ3) is 5.23. The molecule has 174 valence electrons. The van der Waals surface area contributed by atoms with Crippen LogP contribution in [0, 0.1) is 11.3 Å². The van der Waals surface area contributed by atoms with Crippen molar-refractivity contribution in [3.05, 3.63) is 94.5 Å². The highest BCUT2D eigenvalue weighted by Gasteiger charge is 2.29. The van der Waals surface area contributed by atoms with Gasteiger partial charge in [0.2, 0.25) is 10.0 Å². The number of nitrogens with zero attached hydrogens (tertiary/aromatic N) is 3. The predicted molar refractivity (Wildman–Crippen MR) is 129 cm³/mol. The largest absolute Gasteiger partial charge is 0.457 e. The summed E-state index contributed by atoms with van der Waals surface area (Å²) in [7, 11) is -3.81. The molecule has 0 radical (unpaired) electrons. The van der Waals surface area contributed by atoms with Crippen LogP contribution in [0.1, 0.15) is 21.5 Å². The van der Waals surface area contributed by atoms with Crippen LogP contribution in [0.25, 0.3) is 0 Å². The Kier molecular flexibility index (Phi) is 7.17. The van der Waals surface area contributed by atoms with Crippen LogP contribution < -0.4 is 4.90 Å². The Morgan fingerprint density at radius 1 is 0.971 bits per heavy atom. The van der Waals surface area contributed by atoms with Crippen molar-refractivity contribution < 1.29 is 17.9 Å². The Balaban J connectivity index is 1.45. The van der Waals surface area contributed by atoms with Gasteiger partial charge in [0, 0.05) is 31.9 Å². The Morgan fingerprint density at radius 2 is 1.65 bits per heavy atom. The molecule has 0 aromatic heterocycles. The molecule has 3 aromatic carbocycles. The summed E-state index contributed by atoms with van der Waals surface area (Å²) in [6.07, 6.45) is 0. The maximum absolute atomic E-state index is 13.2. The molecule has 1 fully saturated rings. The van der Waals surface area contributed by atoms with Crippen LogP contribution in [-0.4, -0.2) is 44.9 Å². The van der Waals surface area contributed by atoms with Gasteiger partial charge in [0.25, 0.3) is 0 Å². The quantitative estimate of drug-likeness (QED) is 0.478. The molecular formula is C25H22ClN3O4S. The summed E-state index contributed by atoms with van der Waals surface area (Å²) < 4.78 is 33.2. The van der Waals surface area contributed by atoms with Gasteiger partial charge in [-0.2, -0.15) is 9.57 Å². The number of benzene rings is 3. The van der Waals surface area contributed by atoms with Crippen molar-refractivity contribution in [1.82, 2.24) is 4.31 Å². The van der Waals surface area contributed by atoms with E-state index in [1.165, 1.54) is 22.5 Å². The minimum Gasteiger partial charge on any atom is -0.457 e. The second kappa shape index (κ2) is 10.3. The molecule has 4 rings (SSSR count). The Bertz CT molecular complexity index is 1310. The number of carbonyl (C=O) groups excluding carboxylic acids is 1. The highest BCUT2D eigenvalue weighted by Crippen LogP contribution is 2.26. The number of rotatable bonds is 6. The van der Waals surface area contributed by atoms with Crippen LogP contribution in [0.2, 0.25) is 5.02 Å². The van der Waals surface area contributed by atoms with Gasteiger partial charge in [-0.25, -0.2) is 13.2 Å². The van der Waals surface area contributed by atoms with Crippen LogP contribution in [0.15, 0.2) is 77.7 Å². The molecule has 0 aliphatic carbocycles. The van der Waals surface area contributed by atoms with Gasteiger partial charge in [-0.05, 0) is 48.0 Å². The first-order valence-electron chi connectivity index (χ1n) is 10.6. The molecular weight excluding hydrogens is 474 g/mol. The van der Waals surface area contributed by atoms with E-state index >= 15 is 0 Å². The van der Waals surface area contributed by atoms with E-state index in [-0.39, 0.29) is 22.1 Å². The van der Waals surface area contributed by atoms with E-state index in [2.05, 4.69) is 4.90 Å². The van der Waals surface area contributed by atoms with Gasteiger partial charge >= 0.3 is 5.97 Å². The van der Waals surface area contributed by atoms with E-state index in [0.29, 0.717) is 37.3 Å². The van der Waals surface area contributed by atoms with E-state index < -0.39 is 16.0 Å². The topological polar surface area (TPSA) is 90.7 Å². The zero-order valence-electron chi connectivity index (χ0n) is 18.2. The van der Waals surface area contributed by atoms with Crippen molar-refractivity contribution in [2.45, 2.75) is 11.5 Å². The lowest BCUT2D eigenvalue weighted by Crippen LogP contribution is -2.48. The van der Waals surface area contributed by atoms with E-state index in [1.807, 2.05) is 36.4 Å². The molecule has 0 amide bonds. The Morgan fingerprint density at radius 3 is 2.29 bits per heavy atom. The van der Waals surface area contributed by atoms with Crippen molar-refractivity contribution >= 4 is 33.3 Å². The number of piperazine rings is 1. The lowest BCUT2D eigenvalue weighted by Gasteiger charge is -2.35. The zero-order chi connectivity index (χ0) is 24.1. The van der Waals surface area contributed by atoms with Crippen molar-refractivity contribution in [1.29, 1.82) is 5.26 Å². The molecule has 34 heavy (non-hydrogen) atoms. The first-order chi connectivity index (χ1) is 16.4. The monoisotopic (exact) mass is 495 g/mol. The van der Waals surface area contributed by atoms with E-state index in [4.69, 9.17) is 21.6 Å². The molecule has 1 aliphatic heterocycles. The first-order valence-corrected chi connectivity index (χ1v) is 12.5. The summed E-state index contributed by atoms with van der Waals surface area (Å²) in [6, 6.07) is 22.6. The molecule has 0 atom stereocenters. The summed E-state index contributed by atoms with van der Waals surface area (Å²) in [6.45, 7) is 1.77. The Hall–Kier alpha value is -3.38. The highest BCUT2D eigenvalue weighted by atomic mass is 35.5. The molecule has 0 N–H and O–H groups in total. The van der Waals surface area contributed by atoms with Crippen LogP contribution in [0.5, 0.6) is 0 Å². The maximum atomic E-state index is 13.2. The van der Waals surface area contributed by atoms with E-state index in [1.54, 1.807) is 24.3 Å². The fourth-order valence-corrected chi connectivity index (χ4v) is 5.34. The first kappa shape index (κ1) is 23.8. The summed E-state index contributed by atoms with van der Waals surface area (Å²) in [4.78, 5) is 14.8. The number of anilines is 1. The van der Waals surface area contributed by atoms with Crippen LogP contribution in [0.4, 0.5) is 5.69 Å². The normalized spacial score (nSPS) is 14.4. The molecule has 7 nitrogen and oxygen atoms in total. The second-order valence-corrected chi connectivity index (χ2v) is 10.1. The number of para-hydroxylation sites is 1. The van der Waals surface area contributed by atoms with Gasteiger partial charge in [0.1, 0.15) is 6.61 Å². The molecule has 0 spiro atoms. The third-order valence-corrected chi connectivity index (χ3v) is 7.83. The van der Waals surface area contributed by atoms with Gasteiger partial charge in [-0.15, -0.1) is 0 Å². The summed E-state index contributed by atoms with van der Waals surface area (Å²) in [5, 5.41) is 8.98. The van der Waals surface area contributed by atoms with Crippen molar-refractivity contribution in [3.8, 4) is 6.07 Å². The second-order valence-electron chi connectivity index (χ2n) is 7.75. The highest BCUT2D eigenvalue weighted by molar-refractivity contribution is 7.89. The molecule has 0 unspecified atom stereocenters. The van der Waals surface area contributed by atoms with E-state index in [9.17, 15) is 13.2 Å². The Labute approximate surface area is 203 Å². The smallest absolute Gasteiger partial charge is 0.340 e. The third-order valence-electron chi connectivity index (χ3n) is 5.61. The molecule has 1 saturated heterocycles. The molecule has 3 aromatic rings. The fraction of sp³-hybridized carbons (Fsp3) is 0.200. The van der Waals surface area contributed by atoms with Gasteiger partial charge in [-0.3, -0.25) is 0 Å². The number of nitriles is 1. The SMILES string of the molecule is N#Cc1ccc(COC(=O)c2cc(S(=O)(=O)N3CCN(c4ccccc4)CC3)ccc2Cl)cc1. The number of hydrogen-bond donors (Lipinski definition) is 0. The van der Waals surface area contributed by atoms with Gasteiger partial charge < -0.3 is 9.64 Å². The maximum Gasteiger partial charge on any atom is 0.340 e. The molecule has 9 heteroatoms. The average molecular weight is 496 g/mol. The average Bonchev–Trinajstić information content (AvgIpc) is 2.88. The minimum atomic E-state index is -3.81. The number of halogens is 1. The summed E-state index contributed by atoms with van der Waals surface area (Å²) in [5.74, 6) is -0.722. The number of carbonyl (C=O) groups is 1. The minimum absolute atomic E-state index is 0.00427.